The van der Waals surface area contributed by atoms with Crippen LogP contribution in [0.3, 0.4) is 0 Å². The second kappa shape index (κ2) is 11.0. The minimum Gasteiger partial charge on any atom is -0.497 e. The molecule has 1 aliphatic heterocycles. The van der Waals surface area contributed by atoms with Gasteiger partial charge in [-0.25, -0.2) is 0 Å². The molecule has 0 saturated carbocycles. The van der Waals surface area contributed by atoms with Gasteiger partial charge in [0, 0.05) is 12.7 Å². The lowest BCUT2D eigenvalue weighted by atomic mass is 10.1. The van der Waals surface area contributed by atoms with E-state index in [9.17, 15) is 9.59 Å². The fourth-order valence-electron chi connectivity index (χ4n) is 4.37. The fourth-order valence-corrected chi connectivity index (χ4v) is 5.66. The van der Waals surface area contributed by atoms with Crippen molar-refractivity contribution in [2.75, 3.05) is 13.7 Å². The van der Waals surface area contributed by atoms with Crippen LogP contribution in [0.5, 0.6) is 17.4 Å². The molecule has 1 fully saturated rings. The maximum Gasteiger partial charge on any atom is 0.269 e. The highest BCUT2D eigenvalue weighted by Crippen LogP contribution is 2.35. The molecule has 0 spiro atoms. The third-order valence-electron chi connectivity index (χ3n) is 6.52. The number of carbonyl (C=O) groups excluding carboxylic acids is 1. The van der Waals surface area contributed by atoms with Crippen molar-refractivity contribution in [3.63, 3.8) is 0 Å². The summed E-state index contributed by atoms with van der Waals surface area (Å²) in [6.45, 7) is 6.25. The maximum atomic E-state index is 13.7. The number of thioether (sulfide) groups is 1. The molecule has 39 heavy (non-hydrogen) atoms. The smallest absolute Gasteiger partial charge is 0.269 e. The van der Waals surface area contributed by atoms with Crippen molar-refractivity contribution >= 4 is 45.9 Å². The highest BCUT2D eigenvalue weighted by molar-refractivity contribution is 8.26. The number of fused-ring (bicyclic) bond motifs is 1. The van der Waals surface area contributed by atoms with Crippen molar-refractivity contribution in [2.45, 2.75) is 27.2 Å². The number of aryl methyl sites for hydroxylation is 3. The van der Waals surface area contributed by atoms with Crippen LogP contribution in [0.1, 0.15) is 27.8 Å². The molecule has 1 aliphatic rings. The predicted octanol–water partition coefficient (Wildman–Crippen LogP) is 5.86. The number of aromatic nitrogens is 2. The third kappa shape index (κ3) is 5.46. The van der Waals surface area contributed by atoms with Gasteiger partial charge in [0.25, 0.3) is 11.5 Å². The van der Waals surface area contributed by atoms with E-state index in [2.05, 4.69) is 0 Å². The van der Waals surface area contributed by atoms with Gasteiger partial charge in [-0.15, -0.1) is 0 Å². The SMILES string of the molecule is COc1ccc(CCN2C(=O)/C(=C\c3c(Oc4ccc(C)cc4C)nc4c(C)cccn4c3=O)SC2=S)cc1. The van der Waals surface area contributed by atoms with Crippen molar-refractivity contribution in [2.24, 2.45) is 0 Å². The summed E-state index contributed by atoms with van der Waals surface area (Å²) in [6, 6.07) is 17.2. The number of rotatable bonds is 7. The van der Waals surface area contributed by atoms with E-state index in [0.29, 0.717) is 33.6 Å². The summed E-state index contributed by atoms with van der Waals surface area (Å²) in [4.78, 5) is 33.7. The standard InChI is InChI=1S/C30H27N3O4S2/c1-18-7-12-24(20(3)16-18)37-27-23(28(34)32-14-5-6-19(2)26(32)31-27)17-25-29(35)33(30(38)39-25)15-13-21-8-10-22(36-4)11-9-21/h5-12,14,16-17H,13,15H2,1-4H3/b25-17+. The van der Waals surface area contributed by atoms with Gasteiger partial charge in [0.2, 0.25) is 5.88 Å². The van der Waals surface area contributed by atoms with E-state index in [-0.39, 0.29) is 22.9 Å². The largest absolute Gasteiger partial charge is 0.497 e. The lowest BCUT2D eigenvalue weighted by Gasteiger charge is -2.14. The van der Waals surface area contributed by atoms with E-state index < -0.39 is 0 Å². The predicted molar refractivity (Wildman–Crippen MR) is 159 cm³/mol. The van der Waals surface area contributed by atoms with Crippen LogP contribution in [-0.2, 0) is 11.2 Å². The van der Waals surface area contributed by atoms with Crippen LogP contribution in [-0.4, -0.2) is 38.2 Å². The Hall–Kier alpha value is -3.95. The van der Waals surface area contributed by atoms with Gasteiger partial charge < -0.3 is 9.47 Å². The van der Waals surface area contributed by atoms with E-state index in [1.54, 1.807) is 30.3 Å². The summed E-state index contributed by atoms with van der Waals surface area (Å²) >= 11 is 6.71. The van der Waals surface area contributed by atoms with Crippen molar-refractivity contribution in [1.29, 1.82) is 0 Å². The van der Waals surface area contributed by atoms with Crippen LogP contribution in [0.25, 0.3) is 11.7 Å². The van der Waals surface area contributed by atoms with Gasteiger partial charge in [-0.3, -0.25) is 18.9 Å². The van der Waals surface area contributed by atoms with Crippen molar-refractivity contribution < 1.29 is 14.3 Å². The minimum absolute atomic E-state index is 0.143. The molecule has 5 rings (SSSR count). The van der Waals surface area contributed by atoms with E-state index in [4.69, 9.17) is 26.7 Å². The Bertz CT molecular complexity index is 1690. The zero-order valence-electron chi connectivity index (χ0n) is 22.1. The quantitative estimate of drug-likeness (QED) is 0.208. The number of ether oxygens (including phenoxy) is 2. The van der Waals surface area contributed by atoms with E-state index in [1.165, 1.54) is 16.2 Å². The number of carbonyl (C=O) groups is 1. The first-order chi connectivity index (χ1) is 18.7. The second-order valence-corrected chi connectivity index (χ2v) is 11.0. The third-order valence-corrected chi connectivity index (χ3v) is 7.90. The Labute approximate surface area is 236 Å². The molecule has 2 aromatic carbocycles. The topological polar surface area (TPSA) is 73.1 Å². The lowest BCUT2D eigenvalue weighted by molar-refractivity contribution is -0.122. The molecule has 198 valence electrons. The van der Waals surface area contributed by atoms with Crippen molar-refractivity contribution in [1.82, 2.24) is 14.3 Å². The number of pyridine rings is 1. The summed E-state index contributed by atoms with van der Waals surface area (Å²) in [5, 5.41) is 0. The molecule has 0 atom stereocenters. The highest BCUT2D eigenvalue weighted by atomic mass is 32.2. The Morgan fingerprint density at radius 3 is 2.51 bits per heavy atom. The minimum atomic E-state index is -0.327. The zero-order valence-corrected chi connectivity index (χ0v) is 23.7. The summed E-state index contributed by atoms with van der Waals surface area (Å²) < 4.78 is 13.3. The molecule has 3 heterocycles. The van der Waals surface area contributed by atoms with Crippen LogP contribution in [0, 0.1) is 20.8 Å². The van der Waals surface area contributed by atoms with Crippen LogP contribution in [0.2, 0.25) is 0 Å². The fraction of sp³-hybridized carbons (Fsp3) is 0.200. The highest BCUT2D eigenvalue weighted by Gasteiger charge is 2.32. The molecule has 1 amide bonds. The average Bonchev–Trinajstić information content (AvgIpc) is 3.19. The molecule has 0 radical (unpaired) electrons. The van der Waals surface area contributed by atoms with Gasteiger partial charge in [-0.2, -0.15) is 4.98 Å². The first-order valence-corrected chi connectivity index (χ1v) is 13.6. The zero-order chi connectivity index (χ0) is 27.7. The van der Waals surface area contributed by atoms with Crippen molar-refractivity contribution in [3.8, 4) is 17.4 Å². The number of thiocarbonyl (C=S) groups is 1. The number of hydrogen-bond acceptors (Lipinski definition) is 7. The summed E-state index contributed by atoms with van der Waals surface area (Å²) in [6.07, 6.45) is 3.84. The number of methoxy groups -OCH3 is 1. The first kappa shape index (κ1) is 26.6. The molecular weight excluding hydrogens is 530 g/mol. The number of benzene rings is 2. The van der Waals surface area contributed by atoms with Gasteiger partial charge >= 0.3 is 0 Å². The summed E-state index contributed by atoms with van der Waals surface area (Å²) in [7, 11) is 1.62. The molecular formula is C30H27N3O4S2. The average molecular weight is 558 g/mol. The molecule has 0 bridgehead atoms. The van der Waals surface area contributed by atoms with Crippen LogP contribution in [0.15, 0.2) is 70.5 Å². The Balaban J connectivity index is 1.50. The number of nitrogens with zero attached hydrogens (tertiary/aromatic N) is 3. The summed E-state index contributed by atoms with van der Waals surface area (Å²) in [5.41, 5.74) is 4.26. The molecule has 0 N–H and O–H groups in total. The van der Waals surface area contributed by atoms with Gasteiger partial charge in [-0.05, 0) is 74.2 Å². The number of amides is 1. The van der Waals surface area contributed by atoms with Gasteiger partial charge in [0.15, 0.2) is 0 Å². The Morgan fingerprint density at radius 1 is 1.03 bits per heavy atom. The lowest BCUT2D eigenvalue weighted by Crippen LogP contribution is -2.30. The summed E-state index contributed by atoms with van der Waals surface area (Å²) in [5.74, 6) is 1.26. The van der Waals surface area contributed by atoms with E-state index in [0.717, 1.165) is 28.0 Å². The van der Waals surface area contributed by atoms with Gasteiger partial charge in [-0.1, -0.05) is 59.9 Å². The Kier molecular flexibility index (Phi) is 7.54. The molecule has 0 aliphatic carbocycles. The second-order valence-electron chi connectivity index (χ2n) is 9.32. The first-order valence-electron chi connectivity index (χ1n) is 12.4. The molecule has 7 nitrogen and oxygen atoms in total. The van der Waals surface area contributed by atoms with Crippen LogP contribution >= 0.6 is 24.0 Å². The van der Waals surface area contributed by atoms with E-state index in [1.807, 2.05) is 69.3 Å². The Morgan fingerprint density at radius 2 is 1.79 bits per heavy atom. The molecule has 9 heteroatoms. The number of hydrogen-bond donors (Lipinski definition) is 0. The molecule has 0 unspecified atom stereocenters. The van der Waals surface area contributed by atoms with E-state index >= 15 is 0 Å². The van der Waals surface area contributed by atoms with Crippen LogP contribution in [0.4, 0.5) is 0 Å². The van der Waals surface area contributed by atoms with Gasteiger partial charge in [0.1, 0.15) is 27.0 Å². The molecule has 1 saturated heterocycles. The van der Waals surface area contributed by atoms with Crippen molar-refractivity contribution in [3.05, 3.63) is 104 Å². The molecule has 2 aromatic heterocycles. The molecule has 4 aromatic rings. The van der Waals surface area contributed by atoms with Gasteiger partial charge in [0.05, 0.1) is 12.0 Å². The monoisotopic (exact) mass is 557 g/mol. The maximum absolute atomic E-state index is 13.7. The normalized spacial score (nSPS) is 14.5. The van der Waals surface area contributed by atoms with Crippen LogP contribution < -0.4 is 15.0 Å².